The maximum atomic E-state index is 13.2. The molecule has 27 heavy (non-hydrogen) atoms. The number of fused-ring (bicyclic) bond motifs is 3. The highest BCUT2D eigenvalue weighted by molar-refractivity contribution is 5.92. The third-order valence-corrected chi connectivity index (χ3v) is 5.71. The third-order valence-electron chi connectivity index (χ3n) is 5.71. The van der Waals surface area contributed by atoms with E-state index in [-0.39, 0.29) is 18.0 Å². The summed E-state index contributed by atoms with van der Waals surface area (Å²) in [6, 6.07) is 3.86. The quantitative estimate of drug-likeness (QED) is 0.798. The van der Waals surface area contributed by atoms with Crippen molar-refractivity contribution in [2.45, 2.75) is 24.7 Å². The lowest BCUT2D eigenvalue weighted by Gasteiger charge is -2.38. The fraction of sp³-hybridized carbons (Fsp3) is 0.368. The van der Waals surface area contributed by atoms with Crippen LogP contribution in [0.1, 0.15) is 12.1 Å². The minimum Gasteiger partial charge on any atom is -0.468 e. The van der Waals surface area contributed by atoms with Crippen LogP contribution >= 0.6 is 0 Å². The zero-order valence-corrected chi connectivity index (χ0v) is 14.2. The maximum Gasteiger partial charge on any atom is 0.433 e. The monoisotopic (exact) mass is 375 g/mol. The lowest BCUT2D eigenvalue weighted by atomic mass is 9.87. The number of carbonyl (C=O) groups excluding carboxylic acids is 1. The molecule has 1 aromatic heterocycles. The van der Waals surface area contributed by atoms with Crippen LogP contribution < -0.4 is 4.90 Å². The summed E-state index contributed by atoms with van der Waals surface area (Å²) in [5, 5.41) is 0. The van der Waals surface area contributed by atoms with E-state index >= 15 is 0 Å². The molecule has 0 N–H and O–H groups in total. The van der Waals surface area contributed by atoms with Crippen LogP contribution in [-0.4, -0.2) is 41.0 Å². The molecule has 1 aromatic rings. The first kappa shape index (κ1) is 16.4. The third kappa shape index (κ3) is 2.32. The van der Waals surface area contributed by atoms with Crippen LogP contribution in [0.4, 0.5) is 19.0 Å². The van der Waals surface area contributed by atoms with Gasteiger partial charge in [-0.15, -0.1) is 0 Å². The van der Waals surface area contributed by atoms with Gasteiger partial charge in [0.2, 0.25) is 5.91 Å². The largest absolute Gasteiger partial charge is 0.468 e. The lowest BCUT2D eigenvalue weighted by Crippen LogP contribution is -2.52. The summed E-state index contributed by atoms with van der Waals surface area (Å²) >= 11 is 0. The zero-order valence-electron chi connectivity index (χ0n) is 14.2. The molecule has 140 valence electrons. The Balaban J connectivity index is 1.36. The van der Waals surface area contributed by atoms with Crippen molar-refractivity contribution in [3.8, 4) is 0 Å². The number of carbonyl (C=O) groups is 1. The second-order valence-electron chi connectivity index (χ2n) is 7.21. The molecular formula is C19H16F3N3O2. The van der Waals surface area contributed by atoms with Gasteiger partial charge in [-0.2, -0.15) is 13.2 Å². The van der Waals surface area contributed by atoms with E-state index in [1.165, 1.54) is 12.3 Å². The SMILES string of the molecule is O=C(N1C[C@@H]2C[C@H]1CN2c1cccc(C(F)(F)F)n1)C12C=CC=C1OC=C2. The first-order valence-corrected chi connectivity index (χ1v) is 8.75. The molecular weight excluding hydrogens is 359 g/mol. The van der Waals surface area contributed by atoms with E-state index in [0.717, 1.165) is 12.5 Å². The smallest absolute Gasteiger partial charge is 0.433 e. The van der Waals surface area contributed by atoms with E-state index in [2.05, 4.69) is 4.98 Å². The van der Waals surface area contributed by atoms with E-state index in [1.807, 2.05) is 22.0 Å². The van der Waals surface area contributed by atoms with E-state index in [0.29, 0.717) is 24.7 Å². The number of alkyl halides is 3. The highest BCUT2D eigenvalue weighted by Crippen LogP contribution is 2.45. The van der Waals surface area contributed by atoms with E-state index < -0.39 is 17.3 Å². The molecule has 3 atom stereocenters. The van der Waals surface area contributed by atoms with Gasteiger partial charge in [0.1, 0.15) is 22.7 Å². The number of allylic oxidation sites excluding steroid dienone is 2. The van der Waals surface area contributed by atoms with Crippen LogP contribution in [0.3, 0.4) is 0 Å². The first-order valence-electron chi connectivity index (χ1n) is 8.75. The number of nitrogens with zero attached hydrogens (tertiary/aromatic N) is 3. The fourth-order valence-electron chi connectivity index (χ4n) is 4.42. The Bertz CT molecular complexity index is 908. The number of pyridine rings is 1. The standard InChI is InChI=1S/C19H16F3N3O2/c20-19(21,22)14-3-1-5-16(23-14)24-10-13-9-12(24)11-25(13)17(26)18-6-2-4-15(18)27-8-7-18/h1-8,12-13H,9-11H2/t12-,13-,18?/m0/s1. The summed E-state index contributed by atoms with van der Waals surface area (Å²) in [6.45, 7) is 0.951. The molecule has 1 aliphatic carbocycles. The van der Waals surface area contributed by atoms with E-state index in [9.17, 15) is 18.0 Å². The molecule has 1 unspecified atom stereocenters. The summed E-state index contributed by atoms with van der Waals surface area (Å²) in [6.07, 6.45) is 4.96. The molecule has 2 saturated heterocycles. The Morgan fingerprint density at radius 1 is 1.22 bits per heavy atom. The van der Waals surface area contributed by atoms with Gasteiger partial charge in [0.05, 0.1) is 18.3 Å². The minimum atomic E-state index is -4.47. The number of anilines is 1. The van der Waals surface area contributed by atoms with Crippen LogP contribution in [0, 0.1) is 5.41 Å². The van der Waals surface area contributed by atoms with Crippen LogP contribution in [0.25, 0.3) is 0 Å². The molecule has 4 aliphatic rings. The molecule has 3 aliphatic heterocycles. The van der Waals surface area contributed by atoms with Gasteiger partial charge in [-0.3, -0.25) is 4.79 Å². The Morgan fingerprint density at radius 2 is 2.07 bits per heavy atom. The average molecular weight is 375 g/mol. The van der Waals surface area contributed by atoms with Crippen molar-refractivity contribution in [2.75, 3.05) is 18.0 Å². The Kier molecular flexibility index (Phi) is 3.26. The minimum absolute atomic E-state index is 0.0320. The van der Waals surface area contributed by atoms with Crippen molar-refractivity contribution in [3.63, 3.8) is 0 Å². The second-order valence-corrected chi connectivity index (χ2v) is 7.21. The van der Waals surface area contributed by atoms with Crippen molar-refractivity contribution >= 4 is 11.7 Å². The highest BCUT2D eigenvalue weighted by atomic mass is 19.4. The predicted octanol–water partition coefficient (Wildman–Crippen LogP) is 2.87. The van der Waals surface area contributed by atoms with Crippen LogP contribution in [-0.2, 0) is 15.7 Å². The molecule has 2 bridgehead atoms. The fourth-order valence-corrected chi connectivity index (χ4v) is 4.42. The first-order chi connectivity index (χ1) is 12.9. The van der Waals surface area contributed by atoms with Gasteiger partial charge >= 0.3 is 6.18 Å². The Morgan fingerprint density at radius 3 is 2.81 bits per heavy atom. The maximum absolute atomic E-state index is 13.2. The van der Waals surface area contributed by atoms with Crippen molar-refractivity contribution < 1.29 is 22.7 Å². The molecule has 1 amide bonds. The van der Waals surface area contributed by atoms with Gasteiger partial charge in [-0.05, 0) is 30.7 Å². The van der Waals surface area contributed by atoms with Crippen LogP contribution in [0.5, 0.6) is 0 Å². The van der Waals surface area contributed by atoms with Gasteiger partial charge in [-0.25, -0.2) is 4.98 Å². The number of hydrogen-bond donors (Lipinski definition) is 0. The molecule has 5 rings (SSSR count). The highest BCUT2D eigenvalue weighted by Gasteiger charge is 2.53. The number of ether oxygens (including phenoxy) is 1. The summed E-state index contributed by atoms with van der Waals surface area (Å²) in [7, 11) is 0. The normalized spacial score (nSPS) is 30.7. The molecule has 8 heteroatoms. The Labute approximate surface area is 153 Å². The molecule has 0 radical (unpaired) electrons. The molecule has 0 aromatic carbocycles. The molecule has 5 nitrogen and oxygen atoms in total. The van der Waals surface area contributed by atoms with Crippen molar-refractivity contribution in [1.29, 1.82) is 0 Å². The molecule has 2 fully saturated rings. The van der Waals surface area contributed by atoms with E-state index in [4.69, 9.17) is 4.74 Å². The van der Waals surface area contributed by atoms with Crippen molar-refractivity contribution in [1.82, 2.24) is 9.88 Å². The topological polar surface area (TPSA) is 45.7 Å². The molecule has 0 saturated carbocycles. The number of amides is 1. The summed E-state index contributed by atoms with van der Waals surface area (Å²) in [5.41, 5.74) is -1.75. The average Bonchev–Trinajstić information content (AvgIpc) is 3.39. The van der Waals surface area contributed by atoms with Gasteiger partial charge in [0, 0.05) is 13.1 Å². The predicted molar refractivity (Wildman–Crippen MR) is 90.4 cm³/mol. The molecule has 4 heterocycles. The summed E-state index contributed by atoms with van der Waals surface area (Å²) in [5.74, 6) is 0.875. The van der Waals surface area contributed by atoms with Gasteiger partial charge < -0.3 is 14.5 Å². The Hall–Kier alpha value is -2.77. The van der Waals surface area contributed by atoms with Crippen LogP contribution in [0.15, 0.2) is 54.5 Å². The summed E-state index contributed by atoms with van der Waals surface area (Å²) < 4.78 is 44.2. The number of piperazine rings is 1. The zero-order chi connectivity index (χ0) is 18.8. The number of rotatable bonds is 2. The van der Waals surface area contributed by atoms with Gasteiger partial charge in [-0.1, -0.05) is 18.2 Å². The number of likely N-dealkylation sites (tertiary alicyclic amines) is 1. The lowest BCUT2D eigenvalue weighted by molar-refractivity contribution is -0.141. The second kappa shape index (κ2) is 5.37. The molecule has 0 spiro atoms. The van der Waals surface area contributed by atoms with Crippen molar-refractivity contribution in [3.05, 3.63) is 60.2 Å². The van der Waals surface area contributed by atoms with E-state index in [1.54, 1.807) is 18.2 Å². The summed E-state index contributed by atoms with van der Waals surface area (Å²) in [4.78, 5) is 20.7. The van der Waals surface area contributed by atoms with Crippen LogP contribution in [0.2, 0.25) is 0 Å². The number of aromatic nitrogens is 1. The van der Waals surface area contributed by atoms with Crippen molar-refractivity contribution in [2.24, 2.45) is 5.41 Å². The number of halogens is 3. The van der Waals surface area contributed by atoms with Gasteiger partial charge in [0.15, 0.2) is 0 Å². The number of hydrogen-bond acceptors (Lipinski definition) is 4. The van der Waals surface area contributed by atoms with Gasteiger partial charge in [0.25, 0.3) is 0 Å².